The topological polar surface area (TPSA) is 52.7 Å². The summed E-state index contributed by atoms with van der Waals surface area (Å²) in [6, 6.07) is 10.3. The van der Waals surface area contributed by atoms with E-state index in [9.17, 15) is 9.59 Å². The largest absolute Gasteiger partial charge is 0.341 e. The maximum Gasteiger partial charge on any atom is 0.317 e. The van der Waals surface area contributed by atoms with Crippen LogP contribution < -0.4 is 5.32 Å². The second-order valence-electron chi connectivity index (χ2n) is 5.76. The molecule has 0 unspecified atom stereocenters. The fraction of sp³-hybridized carbons (Fsp3) is 0.412. The Bertz CT molecular complexity index is 680. The van der Waals surface area contributed by atoms with E-state index < -0.39 is 0 Å². The summed E-state index contributed by atoms with van der Waals surface area (Å²) in [5, 5.41) is 4.21. The lowest BCUT2D eigenvalue weighted by Crippen LogP contribution is -2.42. The zero-order valence-corrected chi connectivity index (χ0v) is 14.1. The molecule has 2 heterocycles. The first-order chi connectivity index (χ1) is 11.1. The quantitative estimate of drug-likeness (QED) is 0.920. The number of amides is 3. The Morgan fingerprint density at radius 2 is 1.87 bits per heavy atom. The van der Waals surface area contributed by atoms with Gasteiger partial charge in [-0.25, -0.2) is 4.79 Å². The zero-order valence-electron chi connectivity index (χ0n) is 13.2. The molecule has 2 aromatic rings. The molecule has 0 saturated carbocycles. The maximum absolute atomic E-state index is 12.3. The summed E-state index contributed by atoms with van der Waals surface area (Å²) >= 11 is 1.71. The molecule has 0 aliphatic carbocycles. The molecule has 23 heavy (non-hydrogen) atoms. The van der Waals surface area contributed by atoms with E-state index in [0.29, 0.717) is 26.2 Å². The summed E-state index contributed by atoms with van der Waals surface area (Å²) in [7, 11) is 0. The van der Waals surface area contributed by atoms with E-state index >= 15 is 0 Å². The number of urea groups is 1. The molecule has 0 spiro atoms. The summed E-state index contributed by atoms with van der Waals surface area (Å²) in [6.45, 7) is 4.77. The minimum Gasteiger partial charge on any atom is -0.341 e. The molecule has 3 rings (SSSR count). The normalized spacial score (nSPS) is 15.5. The first-order valence-electron chi connectivity index (χ1n) is 7.89. The van der Waals surface area contributed by atoms with Gasteiger partial charge in [-0.15, -0.1) is 11.3 Å². The van der Waals surface area contributed by atoms with Gasteiger partial charge in [0.2, 0.25) is 5.91 Å². The van der Waals surface area contributed by atoms with Crippen LogP contribution in [0.3, 0.4) is 0 Å². The summed E-state index contributed by atoms with van der Waals surface area (Å²) in [5.74, 6) is 0.0810. The number of rotatable bonds is 2. The van der Waals surface area contributed by atoms with Crippen molar-refractivity contribution in [3.63, 3.8) is 0 Å². The minimum atomic E-state index is -0.0483. The van der Waals surface area contributed by atoms with Gasteiger partial charge in [-0.2, -0.15) is 0 Å². The molecule has 1 aromatic heterocycles. The second kappa shape index (κ2) is 7.00. The molecule has 3 amide bonds. The van der Waals surface area contributed by atoms with Crippen molar-refractivity contribution in [1.29, 1.82) is 0 Å². The fourth-order valence-corrected chi connectivity index (χ4v) is 3.84. The van der Waals surface area contributed by atoms with E-state index in [-0.39, 0.29) is 11.9 Å². The third-order valence-electron chi connectivity index (χ3n) is 4.12. The van der Waals surface area contributed by atoms with Crippen molar-refractivity contribution in [1.82, 2.24) is 15.1 Å². The lowest BCUT2D eigenvalue weighted by atomic mass is 10.2. The van der Waals surface area contributed by atoms with Crippen molar-refractivity contribution in [3.05, 3.63) is 35.2 Å². The molecule has 6 heteroatoms. The SMILES string of the molecule is CC(=O)N1CCCN(C(=O)NCc2cc3ccccc3s2)CC1. The molecular formula is C17H21N3O2S. The minimum absolute atomic E-state index is 0.0483. The molecule has 1 aromatic carbocycles. The maximum atomic E-state index is 12.3. The first-order valence-corrected chi connectivity index (χ1v) is 8.71. The van der Waals surface area contributed by atoms with Gasteiger partial charge >= 0.3 is 6.03 Å². The molecular weight excluding hydrogens is 310 g/mol. The smallest absolute Gasteiger partial charge is 0.317 e. The highest BCUT2D eigenvalue weighted by Crippen LogP contribution is 2.25. The Kier molecular flexibility index (Phi) is 4.81. The number of thiophene rings is 1. The van der Waals surface area contributed by atoms with Crippen LogP contribution in [0.2, 0.25) is 0 Å². The predicted molar refractivity (Wildman–Crippen MR) is 92.5 cm³/mol. The lowest BCUT2D eigenvalue weighted by Gasteiger charge is -2.21. The Balaban J connectivity index is 1.55. The molecule has 0 bridgehead atoms. The molecule has 122 valence electrons. The van der Waals surface area contributed by atoms with E-state index in [2.05, 4.69) is 23.5 Å². The van der Waals surface area contributed by atoms with Crippen LogP contribution in [0.1, 0.15) is 18.2 Å². The van der Waals surface area contributed by atoms with Crippen LogP contribution in [-0.2, 0) is 11.3 Å². The number of nitrogens with zero attached hydrogens (tertiary/aromatic N) is 2. The van der Waals surface area contributed by atoms with Crippen LogP contribution in [0.25, 0.3) is 10.1 Å². The highest BCUT2D eigenvalue weighted by Gasteiger charge is 2.20. The van der Waals surface area contributed by atoms with Crippen LogP contribution in [-0.4, -0.2) is 47.9 Å². The zero-order chi connectivity index (χ0) is 16.2. The first kappa shape index (κ1) is 15.8. The molecule has 1 saturated heterocycles. The van der Waals surface area contributed by atoms with Gasteiger partial charge in [0.05, 0.1) is 6.54 Å². The third kappa shape index (κ3) is 3.82. The van der Waals surface area contributed by atoms with Crippen LogP contribution in [0.4, 0.5) is 4.79 Å². The Morgan fingerprint density at radius 3 is 2.65 bits per heavy atom. The van der Waals surface area contributed by atoms with Gasteiger partial charge in [0, 0.05) is 42.7 Å². The van der Waals surface area contributed by atoms with Crippen molar-refractivity contribution in [3.8, 4) is 0 Å². The monoisotopic (exact) mass is 331 g/mol. The second-order valence-corrected chi connectivity index (χ2v) is 6.92. The average Bonchev–Trinajstić information content (AvgIpc) is 2.79. The Hall–Kier alpha value is -2.08. The number of carbonyl (C=O) groups excluding carboxylic acids is 2. The number of hydrogen-bond donors (Lipinski definition) is 1. The molecule has 1 N–H and O–H groups in total. The number of nitrogens with one attached hydrogen (secondary N) is 1. The van der Waals surface area contributed by atoms with E-state index in [1.54, 1.807) is 28.1 Å². The molecule has 1 fully saturated rings. The third-order valence-corrected chi connectivity index (χ3v) is 5.23. The summed E-state index contributed by atoms with van der Waals surface area (Å²) in [4.78, 5) is 28.5. The standard InChI is InChI=1S/C17H21N3O2S/c1-13(21)19-7-4-8-20(10-9-19)17(22)18-12-15-11-14-5-2-3-6-16(14)23-15/h2-3,5-6,11H,4,7-10,12H2,1H3,(H,18,22). The van der Waals surface area contributed by atoms with Gasteiger partial charge in [-0.05, 0) is 23.9 Å². The molecule has 5 nitrogen and oxygen atoms in total. The van der Waals surface area contributed by atoms with Crippen molar-refractivity contribution < 1.29 is 9.59 Å². The summed E-state index contributed by atoms with van der Waals surface area (Å²) in [5.41, 5.74) is 0. The van der Waals surface area contributed by atoms with Gasteiger partial charge in [0.1, 0.15) is 0 Å². The number of carbonyl (C=O) groups is 2. The van der Waals surface area contributed by atoms with Crippen LogP contribution in [0.15, 0.2) is 30.3 Å². The van der Waals surface area contributed by atoms with Crippen molar-refractivity contribution >= 4 is 33.4 Å². The fourth-order valence-electron chi connectivity index (χ4n) is 2.83. The summed E-state index contributed by atoms with van der Waals surface area (Å²) < 4.78 is 1.24. The van der Waals surface area contributed by atoms with Gasteiger partial charge in [0.25, 0.3) is 0 Å². The van der Waals surface area contributed by atoms with Gasteiger partial charge < -0.3 is 15.1 Å². The summed E-state index contributed by atoms with van der Waals surface area (Å²) in [6.07, 6.45) is 0.829. The van der Waals surface area contributed by atoms with Crippen molar-refractivity contribution in [2.24, 2.45) is 0 Å². The molecule has 1 aliphatic rings. The average molecular weight is 331 g/mol. The lowest BCUT2D eigenvalue weighted by molar-refractivity contribution is -0.128. The van der Waals surface area contributed by atoms with E-state index in [1.807, 2.05) is 12.1 Å². The number of benzene rings is 1. The molecule has 0 atom stereocenters. The van der Waals surface area contributed by atoms with Gasteiger partial charge in [-0.1, -0.05) is 18.2 Å². The van der Waals surface area contributed by atoms with Crippen molar-refractivity contribution in [2.45, 2.75) is 19.9 Å². The molecule has 0 radical (unpaired) electrons. The predicted octanol–water partition coefficient (Wildman–Crippen LogP) is 2.67. The number of fused-ring (bicyclic) bond motifs is 1. The van der Waals surface area contributed by atoms with E-state index in [4.69, 9.17) is 0 Å². The van der Waals surface area contributed by atoms with Crippen LogP contribution >= 0.6 is 11.3 Å². The van der Waals surface area contributed by atoms with Gasteiger partial charge in [0.15, 0.2) is 0 Å². The van der Waals surface area contributed by atoms with Crippen molar-refractivity contribution in [2.75, 3.05) is 26.2 Å². The van der Waals surface area contributed by atoms with Crippen LogP contribution in [0.5, 0.6) is 0 Å². The van der Waals surface area contributed by atoms with Crippen LogP contribution in [0, 0.1) is 0 Å². The van der Waals surface area contributed by atoms with E-state index in [0.717, 1.165) is 17.8 Å². The highest BCUT2D eigenvalue weighted by atomic mass is 32.1. The van der Waals surface area contributed by atoms with Gasteiger partial charge in [-0.3, -0.25) is 4.79 Å². The highest BCUT2D eigenvalue weighted by molar-refractivity contribution is 7.19. The molecule has 1 aliphatic heterocycles. The van der Waals surface area contributed by atoms with E-state index in [1.165, 1.54) is 10.1 Å². The Morgan fingerprint density at radius 1 is 1.13 bits per heavy atom. The Labute approximate surface area is 139 Å². The number of hydrogen-bond acceptors (Lipinski definition) is 3.